The van der Waals surface area contributed by atoms with Gasteiger partial charge in [-0.3, -0.25) is 9.89 Å². The summed E-state index contributed by atoms with van der Waals surface area (Å²) in [6.07, 6.45) is 3.47. The van der Waals surface area contributed by atoms with Gasteiger partial charge in [-0.2, -0.15) is 5.10 Å². The monoisotopic (exact) mass is 264 g/mol. The Morgan fingerprint density at radius 1 is 1.58 bits per heavy atom. The van der Waals surface area contributed by atoms with Crippen LogP contribution in [0, 0.1) is 5.92 Å². The number of carbonyl (C=O) groups is 1. The number of anilines is 1. The van der Waals surface area contributed by atoms with Gasteiger partial charge in [0.25, 0.3) is 5.91 Å². The highest BCUT2D eigenvalue weighted by Gasteiger charge is 2.29. The Bertz CT molecular complexity index is 452. The van der Waals surface area contributed by atoms with E-state index in [1.54, 1.807) is 0 Å². The maximum Gasteiger partial charge on any atom is 0.276 e. The number of hydrogen-bond donors (Lipinski definition) is 2. The summed E-state index contributed by atoms with van der Waals surface area (Å²) in [5.41, 5.74) is 7.78. The van der Waals surface area contributed by atoms with E-state index in [0.29, 0.717) is 17.3 Å². The summed E-state index contributed by atoms with van der Waals surface area (Å²) >= 11 is 0. The Labute approximate surface area is 114 Å². The zero-order chi connectivity index (χ0) is 14.0. The summed E-state index contributed by atoms with van der Waals surface area (Å²) in [5.74, 6) is 0.860. The van der Waals surface area contributed by atoms with Crippen molar-refractivity contribution >= 4 is 11.6 Å². The van der Waals surface area contributed by atoms with E-state index < -0.39 is 0 Å². The van der Waals surface area contributed by atoms with Crippen molar-refractivity contribution in [2.45, 2.75) is 46.0 Å². The number of likely N-dealkylation sites (tertiary alicyclic amines) is 1. The third-order valence-corrected chi connectivity index (χ3v) is 3.88. The van der Waals surface area contributed by atoms with Crippen molar-refractivity contribution < 1.29 is 4.79 Å². The SMILES string of the molecule is CCCC1CCN(C(=O)c2n[nH]c(C(C)C)c2N)C1. The van der Waals surface area contributed by atoms with E-state index in [2.05, 4.69) is 17.1 Å². The number of rotatable bonds is 4. The van der Waals surface area contributed by atoms with Crippen LogP contribution < -0.4 is 5.73 Å². The average Bonchev–Trinajstić information content (AvgIpc) is 2.95. The van der Waals surface area contributed by atoms with Crippen LogP contribution in [0.1, 0.15) is 62.1 Å². The Balaban J connectivity index is 2.09. The fraction of sp³-hybridized carbons (Fsp3) is 0.714. The minimum atomic E-state index is -0.0285. The second-order valence-corrected chi connectivity index (χ2v) is 5.75. The quantitative estimate of drug-likeness (QED) is 0.876. The minimum Gasteiger partial charge on any atom is -0.395 e. The van der Waals surface area contributed by atoms with Gasteiger partial charge in [0.15, 0.2) is 5.69 Å². The van der Waals surface area contributed by atoms with E-state index >= 15 is 0 Å². The highest BCUT2D eigenvalue weighted by molar-refractivity contribution is 5.97. The third-order valence-electron chi connectivity index (χ3n) is 3.88. The smallest absolute Gasteiger partial charge is 0.276 e. The van der Waals surface area contributed by atoms with Crippen molar-refractivity contribution in [3.05, 3.63) is 11.4 Å². The lowest BCUT2D eigenvalue weighted by Crippen LogP contribution is -2.29. The first-order valence-corrected chi connectivity index (χ1v) is 7.17. The second kappa shape index (κ2) is 5.63. The Morgan fingerprint density at radius 2 is 2.32 bits per heavy atom. The molecule has 0 bridgehead atoms. The van der Waals surface area contributed by atoms with Crippen LogP contribution in [0.15, 0.2) is 0 Å². The van der Waals surface area contributed by atoms with Crippen LogP contribution in [0.5, 0.6) is 0 Å². The molecule has 0 saturated carbocycles. The number of H-pyrrole nitrogens is 1. The molecule has 19 heavy (non-hydrogen) atoms. The number of nitrogens with one attached hydrogen (secondary N) is 1. The van der Waals surface area contributed by atoms with E-state index in [-0.39, 0.29) is 11.8 Å². The third kappa shape index (κ3) is 2.74. The van der Waals surface area contributed by atoms with Crippen molar-refractivity contribution in [3.63, 3.8) is 0 Å². The lowest BCUT2D eigenvalue weighted by Gasteiger charge is -2.15. The number of aromatic nitrogens is 2. The summed E-state index contributed by atoms with van der Waals surface area (Å²) < 4.78 is 0. The normalized spacial score (nSPS) is 19.4. The van der Waals surface area contributed by atoms with Crippen molar-refractivity contribution in [1.82, 2.24) is 15.1 Å². The fourth-order valence-electron chi connectivity index (χ4n) is 2.78. The van der Waals surface area contributed by atoms with Gasteiger partial charge in [0, 0.05) is 13.1 Å². The standard InChI is InChI=1S/C14H24N4O/c1-4-5-10-6-7-18(8-10)14(19)13-11(15)12(9(2)3)16-17-13/h9-10H,4-8,15H2,1-3H3,(H,16,17). The number of nitrogens with zero attached hydrogens (tertiary/aromatic N) is 2. The maximum atomic E-state index is 12.4. The Kier molecular flexibility index (Phi) is 4.12. The fourth-order valence-corrected chi connectivity index (χ4v) is 2.78. The molecule has 1 fully saturated rings. The van der Waals surface area contributed by atoms with E-state index in [1.807, 2.05) is 18.7 Å². The predicted octanol–water partition coefficient (Wildman–Crippen LogP) is 2.38. The lowest BCUT2D eigenvalue weighted by atomic mass is 10.0. The molecule has 5 heteroatoms. The lowest BCUT2D eigenvalue weighted by molar-refractivity contribution is 0.0781. The van der Waals surface area contributed by atoms with E-state index in [0.717, 1.165) is 25.2 Å². The summed E-state index contributed by atoms with van der Waals surface area (Å²) in [7, 11) is 0. The van der Waals surface area contributed by atoms with Crippen LogP contribution in [0.25, 0.3) is 0 Å². The van der Waals surface area contributed by atoms with Crippen LogP contribution in [0.2, 0.25) is 0 Å². The highest BCUT2D eigenvalue weighted by Crippen LogP contribution is 2.26. The average molecular weight is 264 g/mol. The van der Waals surface area contributed by atoms with Gasteiger partial charge in [-0.05, 0) is 24.7 Å². The van der Waals surface area contributed by atoms with Gasteiger partial charge in [-0.15, -0.1) is 0 Å². The molecule has 1 aromatic rings. The number of nitrogen functional groups attached to an aromatic ring is 1. The molecule has 0 spiro atoms. The van der Waals surface area contributed by atoms with Crippen LogP contribution in [-0.2, 0) is 0 Å². The van der Waals surface area contributed by atoms with E-state index in [1.165, 1.54) is 12.8 Å². The van der Waals surface area contributed by atoms with Crippen LogP contribution in [0.3, 0.4) is 0 Å². The molecular formula is C14H24N4O. The molecule has 1 aliphatic heterocycles. The molecule has 1 aromatic heterocycles. The predicted molar refractivity (Wildman–Crippen MR) is 76.0 cm³/mol. The number of hydrogen-bond acceptors (Lipinski definition) is 3. The molecule has 1 saturated heterocycles. The molecule has 1 aliphatic rings. The molecule has 1 amide bonds. The molecule has 0 aromatic carbocycles. The molecule has 2 heterocycles. The van der Waals surface area contributed by atoms with Gasteiger partial charge in [0.1, 0.15) is 0 Å². The van der Waals surface area contributed by atoms with Gasteiger partial charge in [-0.1, -0.05) is 27.2 Å². The Morgan fingerprint density at radius 3 is 2.89 bits per heavy atom. The molecule has 0 aliphatic carbocycles. The van der Waals surface area contributed by atoms with Gasteiger partial charge < -0.3 is 10.6 Å². The summed E-state index contributed by atoms with van der Waals surface area (Å²) in [6.45, 7) is 7.92. The molecule has 2 rings (SSSR count). The first-order chi connectivity index (χ1) is 9.04. The van der Waals surface area contributed by atoms with E-state index in [9.17, 15) is 4.79 Å². The zero-order valence-corrected chi connectivity index (χ0v) is 12.1. The number of aromatic amines is 1. The molecule has 0 radical (unpaired) electrons. The van der Waals surface area contributed by atoms with Crippen LogP contribution in [-0.4, -0.2) is 34.1 Å². The van der Waals surface area contributed by atoms with Gasteiger partial charge >= 0.3 is 0 Å². The maximum absolute atomic E-state index is 12.4. The molecule has 106 valence electrons. The van der Waals surface area contributed by atoms with Crippen molar-refractivity contribution in [2.75, 3.05) is 18.8 Å². The first-order valence-electron chi connectivity index (χ1n) is 7.17. The van der Waals surface area contributed by atoms with Crippen LogP contribution >= 0.6 is 0 Å². The van der Waals surface area contributed by atoms with Crippen molar-refractivity contribution in [2.24, 2.45) is 5.92 Å². The van der Waals surface area contributed by atoms with E-state index in [4.69, 9.17) is 5.73 Å². The number of amides is 1. The number of nitrogens with two attached hydrogens (primary N) is 1. The molecular weight excluding hydrogens is 240 g/mol. The summed E-state index contributed by atoms with van der Waals surface area (Å²) in [4.78, 5) is 14.3. The minimum absolute atomic E-state index is 0.0285. The largest absolute Gasteiger partial charge is 0.395 e. The van der Waals surface area contributed by atoms with Gasteiger partial charge in [0.05, 0.1) is 11.4 Å². The van der Waals surface area contributed by atoms with Crippen LogP contribution in [0.4, 0.5) is 5.69 Å². The first kappa shape index (κ1) is 13.9. The topological polar surface area (TPSA) is 75.0 Å². The molecule has 3 N–H and O–H groups in total. The molecule has 1 unspecified atom stereocenters. The summed E-state index contributed by atoms with van der Waals surface area (Å²) in [6, 6.07) is 0. The highest BCUT2D eigenvalue weighted by atomic mass is 16.2. The number of carbonyl (C=O) groups excluding carboxylic acids is 1. The van der Waals surface area contributed by atoms with Crippen molar-refractivity contribution in [3.8, 4) is 0 Å². The Hall–Kier alpha value is -1.52. The zero-order valence-electron chi connectivity index (χ0n) is 12.1. The second-order valence-electron chi connectivity index (χ2n) is 5.75. The van der Waals surface area contributed by atoms with Crippen molar-refractivity contribution in [1.29, 1.82) is 0 Å². The molecule has 5 nitrogen and oxygen atoms in total. The van der Waals surface area contributed by atoms with Gasteiger partial charge in [-0.25, -0.2) is 0 Å². The van der Waals surface area contributed by atoms with Gasteiger partial charge in [0.2, 0.25) is 0 Å². The molecule has 1 atom stereocenters. The summed E-state index contributed by atoms with van der Waals surface area (Å²) in [5, 5.41) is 7.00.